The molecule has 2 unspecified atom stereocenters. The summed E-state index contributed by atoms with van der Waals surface area (Å²) in [5, 5.41) is 4.02. The van der Waals surface area contributed by atoms with E-state index >= 15 is 0 Å². The molecule has 0 spiro atoms. The number of aromatic nitrogens is 4. The number of rotatable bonds is 5. The van der Waals surface area contributed by atoms with Gasteiger partial charge in [-0.1, -0.05) is 12.8 Å². The van der Waals surface area contributed by atoms with Crippen LogP contribution in [0.5, 0.6) is 0 Å². The van der Waals surface area contributed by atoms with Crippen LogP contribution in [0.4, 0.5) is 16.6 Å². The first-order valence-electron chi connectivity index (χ1n) is 15.5. The molecule has 3 fully saturated rings. The fraction of sp³-hybridized carbons (Fsp3) is 0.562. The van der Waals surface area contributed by atoms with Gasteiger partial charge in [-0.15, -0.1) is 0 Å². The van der Waals surface area contributed by atoms with Gasteiger partial charge in [0.05, 0.1) is 23.3 Å². The number of nitrogens with zero attached hydrogens (tertiary/aromatic N) is 7. The van der Waals surface area contributed by atoms with Gasteiger partial charge in [-0.25, -0.2) is 14.8 Å². The Balaban J connectivity index is 1.19. The molecule has 2 aliphatic heterocycles. The van der Waals surface area contributed by atoms with E-state index in [1.54, 1.807) is 37.3 Å². The van der Waals surface area contributed by atoms with Crippen molar-refractivity contribution in [3.8, 4) is 0 Å². The Morgan fingerprint density at radius 1 is 0.977 bits per heavy atom. The molecule has 6 rings (SSSR count). The van der Waals surface area contributed by atoms with Crippen molar-refractivity contribution in [1.29, 1.82) is 0 Å². The molecule has 2 bridgehead atoms. The molecule has 3 aromatic heterocycles. The lowest BCUT2D eigenvalue weighted by molar-refractivity contribution is -0.00338. The molecule has 3 amide bonds. The van der Waals surface area contributed by atoms with E-state index in [4.69, 9.17) is 9.72 Å². The van der Waals surface area contributed by atoms with Crippen LogP contribution in [-0.4, -0.2) is 97.0 Å². The molecule has 5 heterocycles. The minimum absolute atomic E-state index is 0.0504. The fourth-order valence-corrected chi connectivity index (χ4v) is 6.82. The van der Waals surface area contributed by atoms with Crippen molar-refractivity contribution in [3.05, 3.63) is 41.3 Å². The summed E-state index contributed by atoms with van der Waals surface area (Å²) in [5.41, 5.74) is 1.91. The fourth-order valence-electron chi connectivity index (χ4n) is 6.82. The number of carbonyl (C=O) groups is 3. The number of anilines is 2. The molecule has 1 saturated carbocycles. The Morgan fingerprint density at radius 3 is 2.27 bits per heavy atom. The van der Waals surface area contributed by atoms with E-state index in [1.807, 2.05) is 43.6 Å². The Hall–Kier alpha value is -4.22. The third-order valence-corrected chi connectivity index (χ3v) is 8.82. The number of hydrogen-bond donors (Lipinski definition) is 1. The number of carbonyl (C=O) groups excluding carboxylic acids is 3. The molecule has 2 saturated heterocycles. The van der Waals surface area contributed by atoms with Crippen LogP contribution in [0, 0.1) is 6.92 Å². The zero-order valence-electron chi connectivity index (χ0n) is 26.5. The standard InChI is InChI=1S/C32H42N8O4/c1-19-24(28(41)38-17-22-11-12-23(18-38)39(22)31(43)44-32(2,3)4)13-14-26(34-19)35-30-33-16-20-15-25(29(42)37(5)6)40(27(20)36-30)21-9-7-8-10-21/h13-16,21-23H,7-12,17-18H2,1-6H3,(H,33,34,35,36). The molecular weight excluding hydrogens is 560 g/mol. The second-order valence-electron chi connectivity index (χ2n) is 13.4. The lowest BCUT2D eigenvalue weighted by atomic mass is 10.1. The van der Waals surface area contributed by atoms with E-state index in [1.165, 1.54) is 0 Å². The van der Waals surface area contributed by atoms with Gasteiger partial charge < -0.3 is 24.4 Å². The van der Waals surface area contributed by atoms with E-state index < -0.39 is 5.60 Å². The number of amides is 3. The first-order chi connectivity index (χ1) is 20.9. The number of piperazine rings is 1. The Kier molecular flexibility index (Phi) is 7.71. The molecule has 2 atom stereocenters. The van der Waals surface area contributed by atoms with E-state index in [0.717, 1.165) is 49.6 Å². The zero-order valence-corrected chi connectivity index (χ0v) is 26.5. The first-order valence-corrected chi connectivity index (χ1v) is 15.5. The minimum Gasteiger partial charge on any atom is -0.444 e. The number of aryl methyl sites for hydroxylation is 1. The normalized spacial score (nSPS) is 20.3. The highest BCUT2D eigenvalue weighted by Crippen LogP contribution is 2.35. The lowest BCUT2D eigenvalue weighted by Gasteiger charge is -2.41. The Labute approximate surface area is 257 Å². The Morgan fingerprint density at radius 2 is 1.66 bits per heavy atom. The van der Waals surface area contributed by atoms with Gasteiger partial charge in [-0.05, 0) is 71.6 Å². The average molecular weight is 603 g/mol. The average Bonchev–Trinajstić information content (AvgIpc) is 3.67. The van der Waals surface area contributed by atoms with Crippen molar-refractivity contribution < 1.29 is 19.1 Å². The van der Waals surface area contributed by atoms with Gasteiger partial charge in [0.15, 0.2) is 0 Å². The molecule has 234 valence electrons. The van der Waals surface area contributed by atoms with Crippen LogP contribution in [0.2, 0.25) is 0 Å². The van der Waals surface area contributed by atoms with Crippen molar-refractivity contribution in [3.63, 3.8) is 0 Å². The Bertz CT molecular complexity index is 1590. The molecule has 0 aromatic carbocycles. The molecule has 44 heavy (non-hydrogen) atoms. The van der Waals surface area contributed by atoms with Crippen molar-refractivity contribution in [2.24, 2.45) is 0 Å². The van der Waals surface area contributed by atoms with Crippen LogP contribution in [0.15, 0.2) is 24.4 Å². The largest absolute Gasteiger partial charge is 0.444 e. The quantitative estimate of drug-likeness (QED) is 0.436. The third-order valence-electron chi connectivity index (χ3n) is 8.82. The van der Waals surface area contributed by atoms with E-state index in [0.29, 0.717) is 41.8 Å². The molecule has 3 aromatic rings. The summed E-state index contributed by atoms with van der Waals surface area (Å²) in [5.74, 6) is 0.755. The summed E-state index contributed by atoms with van der Waals surface area (Å²) in [7, 11) is 3.52. The smallest absolute Gasteiger partial charge is 0.410 e. The van der Waals surface area contributed by atoms with Gasteiger partial charge in [0.2, 0.25) is 5.95 Å². The van der Waals surface area contributed by atoms with Gasteiger partial charge >= 0.3 is 6.09 Å². The predicted octanol–water partition coefficient (Wildman–Crippen LogP) is 4.92. The van der Waals surface area contributed by atoms with Gasteiger partial charge in [0, 0.05) is 44.8 Å². The monoisotopic (exact) mass is 602 g/mol. The topological polar surface area (TPSA) is 126 Å². The number of pyridine rings is 1. The van der Waals surface area contributed by atoms with Gasteiger partial charge in [0.25, 0.3) is 11.8 Å². The predicted molar refractivity (Wildman–Crippen MR) is 166 cm³/mol. The number of fused-ring (bicyclic) bond motifs is 3. The maximum atomic E-state index is 13.6. The SMILES string of the molecule is Cc1nc(Nc2ncc3cc(C(=O)N(C)C)n(C4CCCC4)c3n2)ccc1C(=O)N1CC2CCC(C1)N2C(=O)OC(C)(C)C. The molecule has 12 heteroatoms. The van der Waals surface area contributed by atoms with Crippen LogP contribution in [-0.2, 0) is 4.74 Å². The minimum atomic E-state index is -0.562. The second kappa shape index (κ2) is 11.4. The van der Waals surface area contributed by atoms with Crippen molar-refractivity contribution in [2.75, 3.05) is 32.5 Å². The molecule has 0 radical (unpaired) electrons. The zero-order chi connectivity index (χ0) is 31.3. The highest BCUT2D eigenvalue weighted by atomic mass is 16.6. The van der Waals surface area contributed by atoms with Crippen molar-refractivity contribution in [1.82, 2.24) is 34.2 Å². The maximum absolute atomic E-state index is 13.6. The number of nitrogens with one attached hydrogen (secondary N) is 1. The van der Waals surface area contributed by atoms with Crippen LogP contribution in [0.1, 0.15) is 91.9 Å². The molecule has 12 nitrogen and oxygen atoms in total. The maximum Gasteiger partial charge on any atom is 0.410 e. The van der Waals surface area contributed by atoms with Gasteiger partial charge in [-0.2, -0.15) is 4.98 Å². The summed E-state index contributed by atoms with van der Waals surface area (Å²) >= 11 is 0. The summed E-state index contributed by atoms with van der Waals surface area (Å²) in [6.45, 7) is 8.36. The van der Waals surface area contributed by atoms with E-state index in [-0.39, 0.29) is 36.0 Å². The van der Waals surface area contributed by atoms with Crippen LogP contribution in [0.25, 0.3) is 11.0 Å². The van der Waals surface area contributed by atoms with Crippen LogP contribution in [0.3, 0.4) is 0 Å². The molecular formula is C32H42N8O4. The third kappa shape index (κ3) is 5.69. The molecule has 1 N–H and O–H groups in total. The van der Waals surface area contributed by atoms with E-state index in [9.17, 15) is 14.4 Å². The summed E-state index contributed by atoms with van der Waals surface area (Å²) in [6, 6.07) is 5.54. The highest BCUT2D eigenvalue weighted by Gasteiger charge is 2.45. The van der Waals surface area contributed by atoms with Crippen molar-refractivity contribution in [2.45, 2.75) is 89.9 Å². The van der Waals surface area contributed by atoms with Crippen molar-refractivity contribution >= 4 is 40.7 Å². The number of ether oxygens (including phenoxy) is 1. The molecule has 1 aliphatic carbocycles. The second-order valence-corrected chi connectivity index (χ2v) is 13.4. The van der Waals surface area contributed by atoms with Gasteiger partial charge in [0.1, 0.15) is 22.8 Å². The van der Waals surface area contributed by atoms with Crippen LogP contribution >= 0.6 is 0 Å². The summed E-state index contributed by atoms with van der Waals surface area (Å²) in [4.78, 5) is 58.7. The number of likely N-dealkylation sites (tertiary alicyclic amines) is 1. The first kappa shape index (κ1) is 29.8. The highest BCUT2D eigenvalue weighted by molar-refractivity contribution is 5.98. The van der Waals surface area contributed by atoms with Crippen LogP contribution < -0.4 is 5.32 Å². The van der Waals surface area contributed by atoms with Gasteiger partial charge in [-0.3, -0.25) is 14.5 Å². The number of hydrogen-bond acceptors (Lipinski definition) is 8. The summed E-state index contributed by atoms with van der Waals surface area (Å²) in [6.07, 6.45) is 7.42. The lowest BCUT2D eigenvalue weighted by Crippen LogP contribution is -2.58. The summed E-state index contributed by atoms with van der Waals surface area (Å²) < 4.78 is 7.71. The van der Waals surface area contributed by atoms with E-state index in [2.05, 4.69) is 19.9 Å². The molecule has 3 aliphatic rings.